The van der Waals surface area contributed by atoms with Crippen LogP contribution in [-0.4, -0.2) is 18.3 Å². The van der Waals surface area contributed by atoms with Gasteiger partial charge in [0, 0.05) is 4.47 Å². The molecule has 1 fully saturated rings. The highest BCUT2D eigenvalue weighted by Crippen LogP contribution is 2.36. The van der Waals surface area contributed by atoms with Crippen LogP contribution in [0.1, 0.15) is 33.3 Å². The first-order valence-electron chi connectivity index (χ1n) is 8.31. The Kier molecular flexibility index (Phi) is 5.16. The lowest BCUT2D eigenvalue weighted by atomic mass is 9.78. The van der Waals surface area contributed by atoms with E-state index in [0.29, 0.717) is 4.47 Å². The summed E-state index contributed by atoms with van der Waals surface area (Å²) in [5, 5.41) is 0. The molecule has 0 unspecified atom stereocenters. The fraction of sp³-hybridized carbons (Fsp3) is 0.368. The third kappa shape index (κ3) is 3.80. The highest BCUT2D eigenvalue weighted by atomic mass is 79.9. The number of hydrogen-bond donors (Lipinski definition) is 0. The van der Waals surface area contributed by atoms with Gasteiger partial charge in [0.15, 0.2) is 11.6 Å². The molecule has 0 N–H and O–H groups in total. The molecular weight excluding hydrogens is 405 g/mol. The zero-order chi connectivity index (χ0) is 19.1. The Labute approximate surface area is 160 Å². The Morgan fingerprint density at radius 2 is 1.69 bits per heavy atom. The van der Waals surface area contributed by atoms with Crippen LogP contribution in [0.3, 0.4) is 0 Å². The van der Waals surface area contributed by atoms with Crippen molar-refractivity contribution in [1.29, 1.82) is 0 Å². The summed E-state index contributed by atoms with van der Waals surface area (Å²) < 4.78 is 45.2. The van der Waals surface area contributed by atoms with Crippen molar-refractivity contribution < 1.29 is 22.8 Å². The standard InChI is InChI=1S/C19H20BBrF2O3/c1-18(2)19(3,4)26-20(25-18)13-7-5-6-12(8-13)11-24-16-10-14(21)9-15(22)17(16)23/h5-10H,11H2,1-4H3. The number of rotatable bonds is 4. The molecule has 138 valence electrons. The second kappa shape index (κ2) is 6.95. The predicted molar refractivity (Wildman–Crippen MR) is 101 cm³/mol. The minimum absolute atomic E-state index is 0.0974. The van der Waals surface area contributed by atoms with Gasteiger partial charge in [0.1, 0.15) is 6.61 Å². The first kappa shape index (κ1) is 19.3. The summed E-state index contributed by atoms with van der Waals surface area (Å²) in [6.07, 6.45) is 0. The van der Waals surface area contributed by atoms with E-state index in [2.05, 4.69) is 15.9 Å². The SMILES string of the molecule is CC1(C)OB(c2cccc(COc3cc(Br)cc(F)c3F)c2)OC1(C)C. The molecule has 0 saturated carbocycles. The summed E-state index contributed by atoms with van der Waals surface area (Å²) in [5.74, 6) is -2.10. The van der Waals surface area contributed by atoms with Crippen LogP contribution in [0.5, 0.6) is 5.75 Å². The Hall–Kier alpha value is -1.44. The fourth-order valence-corrected chi connectivity index (χ4v) is 3.02. The van der Waals surface area contributed by atoms with Crippen LogP contribution in [0.25, 0.3) is 0 Å². The van der Waals surface area contributed by atoms with Gasteiger partial charge in [0.2, 0.25) is 5.82 Å². The Balaban J connectivity index is 1.75. The molecule has 0 spiro atoms. The first-order valence-corrected chi connectivity index (χ1v) is 9.10. The average molecular weight is 425 g/mol. The number of hydrogen-bond acceptors (Lipinski definition) is 3. The van der Waals surface area contributed by atoms with Crippen molar-refractivity contribution in [3.63, 3.8) is 0 Å². The maximum absolute atomic E-state index is 13.8. The topological polar surface area (TPSA) is 27.7 Å². The molecule has 0 aromatic heterocycles. The average Bonchev–Trinajstić information content (AvgIpc) is 2.78. The first-order chi connectivity index (χ1) is 12.1. The van der Waals surface area contributed by atoms with E-state index in [0.717, 1.165) is 17.1 Å². The van der Waals surface area contributed by atoms with Crippen molar-refractivity contribution in [3.8, 4) is 5.75 Å². The van der Waals surface area contributed by atoms with E-state index >= 15 is 0 Å². The minimum atomic E-state index is -1.00. The minimum Gasteiger partial charge on any atom is -0.486 e. The van der Waals surface area contributed by atoms with Gasteiger partial charge in [0.05, 0.1) is 11.2 Å². The molecule has 0 bridgehead atoms. The predicted octanol–water partition coefficient (Wildman–Crippen LogP) is 4.61. The second-order valence-electron chi connectivity index (χ2n) is 7.32. The molecule has 0 radical (unpaired) electrons. The summed E-state index contributed by atoms with van der Waals surface area (Å²) in [5.41, 5.74) is 0.796. The third-order valence-electron chi connectivity index (χ3n) is 4.83. The van der Waals surface area contributed by atoms with Gasteiger partial charge in [-0.25, -0.2) is 4.39 Å². The van der Waals surface area contributed by atoms with E-state index in [1.54, 1.807) is 0 Å². The van der Waals surface area contributed by atoms with Gasteiger partial charge in [-0.05, 0) is 50.9 Å². The van der Waals surface area contributed by atoms with E-state index in [-0.39, 0.29) is 12.4 Å². The van der Waals surface area contributed by atoms with Crippen LogP contribution >= 0.6 is 15.9 Å². The molecule has 3 nitrogen and oxygen atoms in total. The monoisotopic (exact) mass is 424 g/mol. The van der Waals surface area contributed by atoms with Gasteiger partial charge < -0.3 is 14.0 Å². The van der Waals surface area contributed by atoms with Crippen LogP contribution < -0.4 is 10.2 Å². The number of halogens is 3. The lowest BCUT2D eigenvalue weighted by Crippen LogP contribution is -2.41. The lowest BCUT2D eigenvalue weighted by Gasteiger charge is -2.32. The molecule has 0 atom stereocenters. The molecule has 1 aliphatic heterocycles. The molecule has 0 amide bonds. The van der Waals surface area contributed by atoms with E-state index < -0.39 is 30.0 Å². The van der Waals surface area contributed by atoms with E-state index in [1.807, 2.05) is 52.0 Å². The van der Waals surface area contributed by atoms with Gasteiger partial charge in [-0.3, -0.25) is 0 Å². The van der Waals surface area contributed by atoms with Crippen molar-refractivity contribution >= 4 is 28.5 Å². The second-order valence-corrected chi connectivity index (χ2v) is 8.24. The molecule has 3 rings (SSSR count). The van der Waals surface area contributed by atoms with Gasteiger partial charge in [-0.1, -0.05) is 40.2 Å². The van der Waals surface area contributed by atoms with Crippen molar-refractivity contribution in [1.82, 2.24) is 0 Å². The Morgan fingerprint density at radius 1 is 1.04 bits per heavy atom. The molecule has 7 heteroatoms. The smallest absolute Gasteiger partial charge is 0.486 e. The summed E-state index contributed by atoms with van der Waals surface area (Å²) in [7, 11) is -0.486. The zero-order valence-corrected chi connectivity index (χ0v) is 16.7. The van der Waals surface area contributed by atoms with E-state index in [1.165, 1.54) is 6.07 Å². The van der Waals surface area contributed by atoms with Crippen LogP contribution in [-0.2, 0) is 15.9 Å². The maximum Gasteiger partial charge on any atom is 0.494 e. The third-order valence-corrected chi connectivity index (χ3v) is 5.29. The van der Waals surface area contributed by atoms with Crippen LogP contribution in [0.4, 0.5) is 8.78 Å². The number of benzene rings is 2. The van der Waals surface area contributed by atoms with Gasteiger partial charge in [-0.15, -0.1) is 0 Å². The fourth-order valence-electron chi connectivity index (χ4n) is 2.61. The highest BCUT2D eigenvalue weighted by molar-refractivity contribution is 9.10. The quantitative estimate of drug-likeness (QED) is 0.530. The Bertz CT molecular complexity index is 810. The van der Waals surface area contributed by atoms with Gasteiger partial charge in [0.25, 0.3) is 0 Å². The summed E-state index contributed by atoms with van der Waals surface area (Å²) in [4.78, 5) is 0. The summed E-state index contributed by atoms with van der Waals surface area (Å²) >= 11 is 3.13. The molecule has 26 heavy (non-hydrogen) atoms. The highest BCUT2D eigenvalue weighted by Gasteiger charge is 2.51. The molecule has 1 heterocycles. The van der Waals surface area contributed by atoms with Crippen LogP contribution in [0.2, 0.25) is 0 Å². The molecular formula is C19H20BBrF2O3. The van der Waals surface area contributed by atoms with E-state index in [9.17, 15) is 8.78 Å². The largest absolute Gasteiger partial charge is 0.494 e. The number of ether oxygens (including phenoxy) is 1. The molecule has 0 aliphatic carbocycles. The normalized spacial score (nSPS) is 18.2. The maximum atomic E-state index is 13.8. The zero-order valence-electron chi connectivity index (χ0n) is 15.1. The van der Waals surface area contributed by atoms with Crippen molar-refractivity contribution in [2.24, 2.45) is 0 Å². The summed E-state index contributed by atoms with van der Waals surface area (Å²) in [6.45, 7) is 8.06. The molecule has 2 aromatic rings. The Morgan fingerprint density at radius 3 is 2.35 bits per heavy atom. The molecule has 1 saturated heterocycles. The van der Waals surface area contributed by atoms with Gasteiger partial charge >= 0.3 is 7.12 Å². The lowest BCUT2D eigenvalue weighted by molar-refractivity contribution is 0.00578. The van der Waals surface area contributed by atoms with Gasteiger partial charge in [-0.2, -0.15) is 4.39 Å². The molecule has 2 aromatic carbocycles. The van der Waals surface area contributed by atoms with Crippen LogP contribution in [0.15, 0.2) is 40.9 Å². The van der Waals surface area contributed by atoms with Crippen molar-refractivity contribution in [2.75, 3.05) is 0 Å². The van der Waals surface area contributed by atoms with E-state index in [4.69, 9.17) is 14.0 Å². The molecule has 1 aliphatic rings. The van der Waals surface area contributed by atoms with Crippen molar-refractivity contribution in [3.05, 3.63) is 58.1 Å². The summed E-state index contributed by atoms with van der Waals surface area (Å²) in [6, 6.07) is 9.95. The van der Waals surface area contributed by atoms with Crippen molar-refractivity contribution in [2.45, 2.75) is 45.5 Å². The van der Waals surface area contributed by atoms with Crippen LogP contribution in [0, 0.1) is 11.6 Å².